The molecule has 134 valence electrons. The normalized spacial score (nSPS) is 19.8. The van der Waals surface area contributed by atoms with Crippen molar-refractivity contribution in [2.45, 2.75) is 39.2 Å². The van der Waals surface area contributed by atoms with Gasteiger partial charge in [-0.1, -0.05) is 25.1 Å². The minimum absolute atomic E-state index is 0.264. The number of ether oxygens (including phenoxy) is 1. The third-order valence-electron chi connectivity index (χ3n) is 4.70. The Kier molecular flexibility index (Phi) is 5.26. The van der Waals surface area contributed by atoms with Crippen molar-refractivity contribution in [3.05, 3.63) is 41.1 Å². The van der Waals surface area contributed by atoms with E-state index in [0.717, 1.165) is 19.4 Å². The Balaban J connectivity index is 1.94. The highest BCUT2D eigenvalue weighted by Crippen LogP contribution is 2.28. The summed E-state index contributed by atoms with van der Waals surface area (Å²) in [5.74, 6) is -0.359. The molecule has 1 atom stereocenters. The molecule has 1 aromatic carbocycles. The first kappa shape index (κ1) is 17.3. The van der Waals surface area contributed by atoms with Crippen LogP contribution in [0.1, 0.15) is 32.3 Å². The number of rotatable bonds is 5. The molecule has 2 heterocycles. The first-order chi connectivity index (χ1) is 12.1. The number of amides is 2. The fourth-order valence-electron chi connectivity index (χ4n) is 3.55. The van der Waals surface area contributed by atoms with Crippen molar-refractivity contribution in [1.82, 2.24) is 10.6 Å². The molecule has 0 aromatic heterocycles. The zero-order valence-electron chi connectivity index (χ0n) is 14.8. The van der Waals surface area contributed by atoms with Gasteiger partial charge in [0.25, 0.3) is 0 Å². The van der Waals surface area contributed by atoms with E-state index in [1.807, 2.05) is 19.1 Å². The van der Waals surface area contributed by atoms with Crippen molar-refractivity contribution >= 4 is 17.7 Å². The van der Waals surface area contributed by atoms with Gasteiger partial charge in [0.1, 0.15) is 0 Å². The SMILES string of the molecule is CCOC(=O)C1=C(CN2CCCc3ccccc32)NC(=O)N[C@H]1CC. The molecule has 0 saturated heterocycles. The number of nitrogens with one attached hydrogen (secondary N) is 2. The predicted octanol–water partition coefficient (Wildman–Crippen LogP) is 2.35. The van der Waals surface area contributed by atoms with E-state index in [0.29, 0.717) is 30.8 Å². The number of carbonyl (C=O) groups is 2. The lowest BCUT2D eigenvalue weighted by atomic mass is 9.98. The molecular weight excluding hydrogens is 318 g/mol. The number of hydrogen-bond donors (Lipinski definition) is 2. The molecule has 0 spiro atoms. The summed E-state index contributed by atoms with van der Waals surface area (Å²) in [6, 6.07) is 7.72. The average molecular weight is 343 g/mol. The molecule has 0 bridgehead atoms. The second-order valence-corrected chi connectivity index (χ2v) is 6.33. The van der Waals surface area contributed by atoms with Crippen LogP contribution >= 0.6 is 0 Å². The Morgan fingerprint density at radius 3 is 2.88 bits per heavy atom. The summed E-state index contributed by atoms with van der Waals surface area (Å²) in [5.41, 5.74) is 3.65. The van der Waals surface area contributed by atoms with Gasteiger partial charge >= 0.3 is 12.0 Å². The van der Waals surface area contributed by atoms with Crippen LogP contribution < -0.4 is 15.5 Å². The van der Waals surface area contributed by atoms with Crippen LogP contribution in [0.4, 0.5) is 10.5 Å². The minimum Gasteiger partial charge on any atom is -0.463 e. The van der Waals surface area contributed by atoms with E-state index in [-0.39, 0.29) is 18.0 Å². The molecule has 0 unspecified atom stereocenters. The maximum absolute atomic E-state index is 12.5. The summed E-state index contributed by atoms with van der Waals surface area (Å²) in [5, 5.41) is 5.65. The highest BCUT2D eigenvalue weighted by Gasteiger charge is 2.32. The summed E-state index contributed by atoms with van der Waals surface area (Å²) < 4.78 is 5.23. The molecule has 0 aliphatic carbocycles. The molecule has 2 N–H and O–H groups in total. The summed E-state index contributed by atoms with van der Waals surface area (Å²) in [6.07, 6.45) is 2.76. The highest BCUT2D eigenvalue weighted by atomic mass is 16.5. The zero-order valence-corrected chi connectivity index (χ0v) is 14.8. The van der Waals surface area contributed by atoms with E-state index in [4.69, 9.17) is 4.74 Å². The molecule has 2 aliphatic rings. The van der Waals surface area contributed by atoms with Crippen LogP contribution in [0.5, 0.6) is 0 Å². The van der Waals surface area contributed by atoms with Crippen molar-refractivity contribution in [2.75, 3.05) is 24.6 Å². The smallest absolute Gasteiger partial charge is 0.337 e. The van der Waals surface area contributed by atoms with E-state index in [1.54, 1.807) is 6.92 Å². The average Bonchev–Trinajstić information content (AvgIpc) is 2.61. The Morgan fingerprint density at radius 1 is 1.32 bits per heavy atom. The molecule has 6 nitrogen and oxygen atoms in total. The van der Waals surface area contributed by atoms with Gasteiger partial charge in [-0.25, -0.2) is 9.59 Å². The molecule has 2 aliphatic heterocycles. The number of urea groups is 1. The molecule has 1 aromatic rings. The van der Waals surface area contributed by atoms with Gasteiger partial charge in [-0.05, 0) is 37.8 Å². The molecule has 25 heavy (non-hydrogen) atoms. The third kappa shape index (κ3) is 3.62. The van der Waals surface area contributed by atoms with Crippen LogP contribution in [0.25, 0.3) is 0 Å². The Labute approximate surface area is 148 Å². The number of anilines is 1. The lowest BCUT2D eigenvalue weighted by Gasteiger charge is -2.35. The number of aryl methyl sites for hydroxylation is 1. The van der Waals surface area contributed by atoms with Gasteiger partial charge < -0.3 is 20.3 Å². The maximum Gasteiger partial charge on any atom is 0.337 e. The number of para-hydroxylation sites is 1. The van der Waals surface area contributed by atoms with Crippen LogP contribution in [0.3, 0.4) is 0 Å². The van der Waals surface area contributed by atoms with Gasteiger partial charge in [0.15, 0.2) is 0 Å². The highest BCUT2D eigenvalue weighted by molar-refractivity contribution is 5.95. The van der Waals surface area contributed by atoms with E-state index >= 15 is 0 Å². The minimum atomic E-state index is -0.359. The monoisotopic (exact) mass is 343 g/mol. The lowest BCUT2D eigenvalue weighted by molar-refractivity contribution is -0.139. The van der Waals surface area contributed by atoms with E-state index in [9.17, 15) is 9.59 Å². The fourth-order valence-corrected chi connectivity index (χ4v) is 3.55. The zero-order chi connectivity index (χ0) is 17.8. The predicted molar refractivity (Wildman–Crippen MR) is 96.4 cm³/mol. The number of nitrogens with zero attached hydrogens (tertiary/aromatic N) is 1. The van der Waals surface area contributed by atoms with Crippen molar-refractivity contribution < 1.29 is 14.3 Å². The molecule has 0 saturated carbocycles. The van der Waals surface area contributed by atoms with Gasteiger partial charge in [-0.15, -0.1) is 0 Å². The third-order valence-corrected chi connectivity index (χ3v) is 4.70. The van der Waals surface area contributed by atoms with Crippen molar-refractivity contribution in [3.63, 3.8) is 0 Å². The number of carbonyl (C=O) groups excluding carboxylic acids is 2. The Morgan fingerprint density at radius 2 is 2.12 bits per heavy atom. The number of esters is 1. The number of benzene rings is 1. The lowest BCUT2D eigenvalue weighted by Crippen LogP contribution is -2.52. The van der Waals surface area contributed by atoms with Gasteiger partial charge in [-0.2, -0.15) is 0 Å². The van der Waals surface area contributed by atoms with Crippen LogP contribution in [0, 0.1) is 0 Å². The van der Waals surface area contributed by atoms with Gasteiger partial charge in [0.05, 0.1) is 30.5 Å². The number of fused-ring (bicyclic) bond motifs is 1. The van der Waals surface area contributed by atoms with Crippen LogP contribution in [0.15, 0.2) is 35.5 Å². The van der Waals surface area contributed by atoms with Gasteiger partial charge in [0, 0.05) is 12.2 Å². The van der Waals surface area contributed by atoms with Gasteiger partial charge in [-0.3, -0.25) is 0 Å². The number of hydrogen-bond acceptors (Lipinski definition) is 4. The fraction of sp³-hybridized carbons (Fsp3) is 0.474. The Hall–Kier alpha value is -2.50. The summed E-state index contributed by atoms with van der Waals surface area (Å²) in [7, 11) is 0. The Bertz CT molecular complexity index is 699. The van der Waals surface area contributed by atoms with Crippen molar-refractivity contribution in [2.24, 2.45) is 0 Å². The molecule has 3 rings (SSSR count). The molecule has 0 radical (unpaired) electrons. The summed E-state index contributed by atoms with van der Waals surface area (Å²) >= 11 is 0. The van der Waals surface area contributed by atoms with Crippen LogP contribution in [-0.2, 0) is 16.0 Å². The summed E-state index contributed by atoms with van der Waals surface area (Å²) in [6.45, 7) is 5.44. The van der Waals surface area contributed by atoms with E-state index < -0.39 is 0 Å². The standard InChI is InChI=1S/C19H25N3O3/c1-3-14-17(18(23)25-4-2)15(21-19(24)20-14)12-22-11-7-9-13-8-5-6-10-16(13)22/h5-6,8,10,14H,3-4,7,9,11-12H2,1-2H3,(H2,20,21,24)/t14-/m0/s1. The maximum atomic E-state index is 12.5. The second kappa shape index (κ2) is 7.59. The van der Waals surface area contributed by atoms with Gasteiger partial charge in [0.2, 0.25) is 0 Å². The first-order valence-corrected chi connectivity index (χ1v) is 8.94. The first-order valence-electron chi connectivity index (χ1n) is 8.94. The second-order valence-electron chi connectivity index (χ2n) is 6.33. The molecule has 2 amide bonds. The van der Waals surface area contributed by atoms with Crippen molar-refractivity contribution in [1.29, 1.82) is 0 Å². The van der Waals surface area contributed by atoms with Crippen LogP contribution in [-0.4, -0.2) is 37.7 Å². The molecular formula is C19H25N3O3. The quantitative estimate of drug-likeness (QED) is 0.805. The summed E-state index contributed by atoms with van der Waals surface area (Å²) in [4.78, 5) is 26.7. The molecule has 0 fully saturated rings. The topological polar surface area (TPSA) is 70.7 Å². The van der Waals surface area contributed by atoms with Crippen LogP contribution in [0.2, 0.25) is 0 Å². The van der Waals surface area contributed by atoms with Crippen molar-refractivity contribution in [3.8, 4) is 0 Å². The van der Waals surface area contributed by atoms with E-state index in [2.05, 4.69) is 27.7 Å². The van der Waals surface area contributed by atoms with E-state index in [1.165, 1.54) is 11.3 Å². The largest absolute Gasteiger partial charge is 0.463 e. The molecule has 6 heteroatoms.